The molecule has 1 aromatic rings. The summed E-state index contributed by atoms with van der Waals surface area (Å²) in [5.41, 5.74) is 1.71. The minimum absolute atomic E-state index is 0.247. The SMILES string of the molecule is CCOC(=O)C1=C(CN2CCCN(C)CC2)NC(=O)N[C@@H]1c1ccc(OCC)c(OC)c1. The monoisotopic (exact) mass is 446 g/mol. The van der Waals surface area contributed by atoms with E-state index < -0.39 is 12.0 Å². The van der Waals surface area contributed by atoms with Crippen LogP contribution in [-0.2, 0) is 9.53 Å². The van der Waals surface area contributed by atoms with E-state index in [1.165, 1.54) is 0 Å². The van der Waals surface area contributed by atoms with Gasteiger partial charge < -0.3 is 29.7 Å². The molecule has 32 heavy (non-hydrogen) atoms. The van der Waals surface area contributed by atoms with Crippen LogP contribution in [0.25, 0.3) is 0 Å². The quantitative estimate of drug-likeness (QED) is 0.589. The molecule has 9 nitrogen and oxygen atoms in total. The molecule has 2 aliphatic rings. The first kappa shape index (κ1) is 23.9. The van der Waals surface area contributed by atoms with Crippen molar-refractivity contribution >= 4 is 12.0 Å². The summed E-state index contributed by atoms with van der Waals surface area (Å²) in [6.45, 7) is 8.62. The second-order valence-electron chi connectivity index (χ2n) is 7.92. The van der Waals surface area contributed by atoms with E-state index >= 15 is 0 Å². The van der Waals surface area contributed by atoms with E-state index in [1.807, 2.05) is 13.0 Å². The zero-order valence-corrected chi connectivity index (χ0v) is 19.4. The second-order valence-corrected chi connectivity index (χ2v) is 7.92. The van der Waals surface area contributed by atoms with Crippen LogP contribution in [0.1, 0.15) is 31.9 Å². The molecule has 0 bridgehead atoms. The molecule has 1 saturated heterocycles. The maximum atomic E-state index is 13.0. The van der Waals surface area contributed by atoms with Crippen molar-refractivity contribution in [2.24, 2.45) is 0 Å². The van der Waals surface area contributed by atoms with E-state index in [1.54, 1.807) is 26.2 Å². The number of methoxy groups -OCH3 is 1. The predicted molar refractivity (Wildman–Crippen MR) is 121 cm³/mol. The third-order valence-electron chi connectivity index (χ3n) is 5.66. The van der Waals surface area contributed by atoms with Crippen molar-refractivity contribution in [2.75, 3.05) is 60.1 Å². The standard InChI is InChI=1S/C23H34N4O5/c1-5-31-18-9-8-16(14-19(18)30-4)21-20(22(28)32-6-2)17(24-23(29)25-21)15-27-11-7-10-26(3)12-13-27/h8-9,14,21H,5-7,10-13,15H2,1-4H3,(H2,24,25,29)/t21-/m1/s1. The fourth-order valence-corrected chi connectivity index (χ4v) is 4.06. The van der Waals surface area contributed by atoms with Crippen LogP contribution >= 0.6 is 0 Å². The summed E-state index contributed by atoms with van der Waals surface area (Å²) in [6.07, 6.45) is 1.03. The molecule has 1 atom stereocenters. The number of nitrogens with zero attached hydrogens (tertiary/aromatic N) is 2. The Morgan fingerprint density at radius 2 is 1.94 bits per heavy atom. The number of likely N-dealkylation sites (N-methyl/N-ethyl adjacent to an activating group) is 1. The topological polar surface area (TPSA) is 92.4 Å². The van der Waals surface area contributed by atoms with Crippen molar-refractivity contribution in [2.45, 2.75) is 26.3 Å². The smallest absolute Gasteiger partial charge is 0.338 e. The van der Waals surface area contributed by atoms with Gasteiger partial charge in [-0.2, -0.15) is 0 Å². The molecular weight excluding hydrogens is 412 g/mol. The molecule has 3 rings (SSSR count). The highest BCUT2D eigenvalue weighted by Gasteiger charge is 2.35. The molecule has 9 heteroatoms. The maximum Gasteiger partial charge on any atom is 0.338 e. The molecular formula is C23H34N4O5. The number of urea groups is 1. The lowest BCUT2D eigenvalue weighted by atomic mass is 9.94. The highest BCUT2D eigenvalue weighted by atomic mass is 16.5. The lowest BCUT2D eigenvalue weighted by Crippen LogP contribution is -2.48. The number of benzene rings is 1. The van der Waals surface area contributed by atoms with Gasteiger partial charge in [-0.05, 0) is 58.1 Å². The highest BCUT2D eigenvalue weighted by Crippen LogP contribution is 2.34. The van der Waals surface area contributed by atoms with Crippen molar-refractivity contribution in [3.8, 4) is 11.5 Å². The molecule has 2 amide bonds. The number of amides is 2. The Bertz CT molecular complexity index is 857. The van der Waals surface area contributed by atoms with E-state index in [2.05, 4.69) is 27.5 Å². The lowest BCUT2D eigenvalue weighted by Gasteiger charge is -2.32. The van der Waals surface area contributed by atoms with Crippen molar-refractivity contribution in [3.05, 3.63) is 35.0 Å². The Morgan fingerprint density at radius 1 is 1.12 bits per heavy atom. The molecule has 2 heterocycles. The van der Waals surface area contributed by atoms with Gasteiger partial charge in [0.15, 0.2) is 11.5 Å². The van der Waals surface area contributed by atoms with Crippen LogP contribution < -0.4 is 20.1 Å². The van der Waals surface area contributed by atoms with Crippen LogP contribution in [-0.4, -0.2) is 81.9 Å². The number of rotatable bonds is 8. The third-order valence-corrected chi connectivity index (χ3v) is 5.66. The molecule has 0 aromatic heterocycles. The van der Waals surface area contributed by atoms with Gasteiger partial charge in [-0.3, -0.25) is 4.90 Å². The normalized spacial score (nSPS) is 20.2. The molecule has 0 spiro atoms. The number of carbonyl (C=O) groups excluding carboxylic acids is 2. The Balaban J connectivity index is 1.98. The third kappa shape index (κ3) is 5.72. The van der Waals surface area contributed by atoms with E-state index in [9.17, 15) is 9.59 Å². The van der Waals surface area contributed by atoms with Crippen LogP contribution in [0.4, 0.5) is 4.79 Å². The molecule has 1 fully saturated rings. The Morgan fingerprint density at radius 3 is 2.66 bits per heavy atom. The first-order valence-electron chi connectivity index (χ1n) is 11.2. The van der Waals surface area contributed by atoms with E-state index in [4.69, 9.17) is 14.2 Å². The summed E-state index contributed by atoms with van der Waals surface area (Å²) in [7, 11) is 3.67. The van der Waals surface area contributed by atoms with Gasteiger partial charge in [0.05, 0.1) is 31.9 Å². The van der Waals surface area contributed by atoms with Crippen LogP contribution in [0.2, 0.25) is 0 Å². The molecule has 0 radical (unpaired) electrons. The van der Waals surface area contributed by atoms with Gasteiger partial charge in [-0.25, -0.2) is 9.59 Å². The fraction of sp³-hybridized carbons (Fsp3) is 0.565. The minimum atomic E-state index is -0.656. The van der Waals surface area contributed by atoms with Gasteiger partial charge in [-0.1, -0.05) is 6.07 Å². The molecule has 176 valence electrons. The van der Waals surface area contributed by atoms with Crippen LogP contribution in [0, 0.1) is 0 Å². The Hall–Kier alpha value is -2.78. The van der Waals surface area contributed by atoms with Crippen LogP contribution in [0.5, 0.6) is 11.5 Å². The van der Waals surface area contributed by atoms with Crippen molar-refractivity contribution < 1.29 is 23.8 Å². The van der Waals surface area contributed by atoms with E-state index in [-0.39, 0.29) is 12.6 Å². The number of esters is 1. The van der Waals surface area contributed by atoms with Gasteiger partial charge in [-0.15, -0.1) is 0 Å². The molecule has 1 aromatic carbocycles. The first-order valence-corrected chi connectivity index (χ1v) is 11.2. The van der Waals surface area contributed by atoms with Crippen molar-refractivity contribution in [3.63, 3.8) is 0 Å². The average Bonchev–Trinajstić information content (AvgIpc) is 2.98. The van der Waals surface area contributed by atoms with Crippen LogP contribution in [0.3, 0.4) is 0 Å². The van der Waals surface area contributed by atoms with Gasteiger partial charge >= 0.3 is 12.0 Å². The van der Waals surface area contributed by atoms with Gasteiger partial charge in [0, 0.05) is 25.3 Å². The predicted octanol–water partition coefficient (Wildman–Crippen LogP) is 1.90. The Kier molecular flexibility index (Phi) is 8.35. The number of ether oxygens (including phenoxy) is 3. The zero-order chi connectivity index (χ0) is 23.1. The molecule has 2 N–H and O–H groups in total. The molecule has 0 saturated carbocycles. The van der Waals surface area contributed by atoms with Crippen molar-refractivity contribution in [1.82, 2.24) is 20.4 Å². The number of nitrogens with one attached hydrogen (secondary N) is 2. The molecule has 0 unspecified atom stereocenters. The second kappa shape index (κ2) is 11.2. The van der Waals surface area contributed by atoms with E-state index in [0.29, 0.717) is 35.9 Å². The summed E-state index contributed by atoms with van der Waals surface area (Å²) in [6, 6.07) is 4.41. The fourth-order valence-electron chi connectivity index (χ4n) is 4.06. The number of carbonyl (C=O) groups is 2. The van der Waals surface area contributed by atoms with Gasteiger partial charge in [0.1, 0.15) is 0 Å². The number of hydrogen-bond donors (Lipinski definition) is 2. The van der Waals surface area contributed by atoms with E-state index in [0.717, 1.165) is 38.2 Å². The van der Waals surface area contributed by atoms with Gasteiger partial charge in [0.25, 0.3) is 0 Å². The van der Waals surface area contributed by atoms with Crippen molar-refractivity contribution in [1.29, 1.82) is 0 Å². The maximum absolute atomic E-state index is 13.0. The molecule has 0 aliphatic carbocycles. The average molecular weight is 447 g/mol. The minimum Gasteiger partial charge on any atom is -0.493 e. The summed E-state index contributed by atoms with van der Waals surface area (Å²) < 4.78 is 16.5. The zero-order valence-electron chi connectivity index (χ0n) is 19.4. The first-order chi connectivity index (χ1) is 15.5. The summed E-state index contributed by atoms with van der Waals surface area (Å²) in [5.74, 6) is 0.701. The lowest BCUT2D eigenvalue weighted by molar-refractivity contribution is -0.139. The highest BCUT2D eigenvalue weighted by molar-refractivity contribution is 5.95. The van der Waals surface area contributed by atoms with Crippen LogP contribution in [0.15, 0.2) is 29.5 Å². The summed E-state index contributed by atoms with van der Waals surface area (Å²) in [4.78, 5) is 30.2. The van der Waals surface area contributed by atoms with Gasteiger partial charge in [0.2, 0.25) is 0 Å². The molecule has 2 aliphatic heterocycles. The summed E-state index contributed by atoms with van der Waals surface area (Å²) >= 11 is 0. The number of hydrogen-bond acceptors (Lipinski definition) is 7. The Labute approximate surface area is 189 Å². The summed E-state index contributed by atoms with van der Waals surface area (Å²) in [5, 5.41) is 5.74. The largest absolute Gasteiger partial charge is 0.493 e.